The van der Waals surface area contributed by atoms with Crippen LogP contribution in [0.3, 0.4) is 0 Å². The molecule has 1 N–H and O–H groups in total. The Morgan fingerprint density at radius 2 is 1.81 bits per heavy atom. The largest absolute Gasteiger partial charge is 0.475 e. The number of carbonyl (C=O) groups excluding carboxylic acids is 1. The summed E-state index contributed by atoms with van der Waals surface area (Å²) in [4.78, 5) is 24.1. The summed E-state index contributed by atoms with van der Waals surface area (Å²) in [5.74, 6) is -2.17. The van der Waals surface area contributed by atoms with Crippen molar-refractivity contribution in [1.29, 1.82) is 0 Å². The fourth-order valence-corrected chi connectivity index (χ4v) is 2.70. The summed E-state index contributed by atoms with van der Waals surface area (Å²) in [5, 5.41) is 8.22. The van der Waals surface area contributed by atoms with E-state index in [1.54, 1.807) is 13.8 Å². The topological polar surface area (TPSA) is 108 Å². The third kappa shape index (κ3) is 3.82. The van der Waals surface area contributed by atoms with Crippen LogP contribution >= 0.6 is 0 Å². The zero-order valence-corrected chi connectivity index (χ0v) is 12.9. The van der Waals surface area contributed by atoms with Crippen LogP contribution in [0.2, 0.25) is 0 Å². The number of aromatic carboxylic acids is 1. The molecule has 0 unspecified atom stereocenters. The number of furan rings is 1. The maximum absolute atomic E-state index is 12.2. The Kier molecular flexibility index (Phi) is 5.50. The van der Waals surface area contributed by atoms with Gasteiger partial charge < -0.3 is 14.4 Å². The highest BCUT2D eigenvalue weighted by atomic mass is 32.2. The van der Waals surface area contributed by atoms with Crippen LogP contribution in [0.5, 0.6) is 0 Å². The van der Waals surface area contributed by atoms with Gasteiger partial charge in [-0.1, -0.05) is 0 Å². The molecule has 0 aliphatic carbocycles. The average Bonchev–Trinajstić information content (AvgIpc) is 2.90. The van der Waals surface area contributed by atoms with Gasteiger partial charge in [0.15, 0.2) is 0 Å². The first-order valence-electron chi connectivity index (χ1n) is 6.31. The van der Waals surface area contributed by atoms with Crippen LogP contribution in [0.4, 0.5) is 0 Å². The maximum atomic E-state index is 12.2. The molecule has 0 spiro atoms. The van der Waals surface area contributed by atoms with Crippen LogP contribution in [-0.4, -0.2) is 61.3 Å². The molecule has 0 aromatic carbocycles. The SMILES string of the molecule is CCN(CC)C(=O)CN(C)S(=O)(=O)c1ccc(C(=O)O)o1. The number of nitrogens with zero attached hydrogens (tertiary/aromatic N) is 2. The number of amides is 1. The Morgan fingerprint density at radius 1 is 1.24 bits per heavy atom. The Bertz CT molecular complexity index is 617. The van der Waals surface area contributed by atoms with Gasteiger partial charge >= 0.3 is 5.97 Å². The molecule has 1 aromatic rings. The molecule has 1 aromatic heterocycles. The number of carbonyl (C=O) groups is 2. The number of hydrogen-bond acceptors (Lipinski definition) is 5. The molecule has 0 aliphatic heterocycles. The highest BCUT2D eigenvalue weighted by molar-refractivity contribution is 7.89. The molecule has 0 atom stereocenters. The predicted octanol–water partition coefficient (Wildman–Crippen LogP) is 0.467. The zero-order valence-electron chi connectivity index (χ0n) is 12.1. The number of carboxylic acids is 1. The van der Waals surface area contributed by atoms with Crippen LogP contribution in [0, 0.1) is 0 Å². The van der Waals surface area contributed by atoms with Gasteiger partial charge in [0.2, 0.25) is 16.8 Å². The number of sulfonamides is 1. The van der Waals surface area contributed by atoms with Crippen molar-refractivity contribution in [2.24, 2.45) is 0 Å². The van der Waals surface area contributed by atoms with Crippen molar-refractivity contribution in [1.82, 2.24) is 9.21 Å². The molecule has 21 heavy (non-hydrogen) atoms. The second-order valence-corrected chi connectivity index (χ2v) is 6.23. The van der Waals surface area contributed by atoms with Gasteiger partial charge in [-0.2, -0.15) is 4.31 Å². The van der Waals surface area contributed by atoms with Crippen molar-refractivity contribution in [3.63, 3.8) is 0 Å². The lowest BCUT2D eigenvalue weighted by molar-refractivity contribution is -0.130. The molecule has 1 rings (SSSR count). The van der Waals surface area contributed by atoms with Gasteiger partial charge in [-0.3, -0.25) is 4.79 Å². The number of hydrogen-bond donors (Lipinski definition) is 1. The molecule has 1 amide bonds. The first-order valence-corrected chi connectivity index (χ1v) is 7.75. The van der Waals surface area contributed by atoms with E-state index in [0.717, 1.165) is 16.4 Å². The van der Waals surface area contributed by atoms with E-state index >= 15 is 0 Å². The van der Waals surface area contributed by atoms with Crippen molar-refractivity contribution >= 4 is 21.9 Å². The summed E-state index contributed by atoms with van der Waals surface area (Å²) < 4.78 is 29.9. The summed E-state index contributed by atoms with van der Waals surface area (Å²) in [6.45, 7) is 4.20. The van der Waals surface area contributed by atoms with Gasteiger partial charge in [-0.25, -0.2) is 13.2 Å². The fourth-order valence-electron chi connectivity index (χ4n) is 1.68. The summed E-state index contributed by atoms with van der Waals surface area (Å²) in [5.41, 5.74) is 0. The van der Waals surface area contributed by atoms with E-state index in [4.69, 9.17) is 9.52 Å². The molecule has 9 heteroatoms. The van der Waals surface area contributed by atoms with Crippen molar-refractivity contribution in [2.75, 3.05) is 26.7 Å². The monoisotopic (exact) mass is 318 g/mol. The van der Waals surface area contributed by atoms with Crippen molar-refractivity contribution in [2.45, 2.75) is 18.9 Å². The standard InChI is InChI=1S/C12H18N2O6S/c1-4-14(5-2)10(15)8-13(3)21(18,19)11-7-6-9(20-11)12(16)17/h6-7H,4-5,8H2,1-3H3,(H,16,17). The van der Waals surface area contributed by atoms with Gasteiger partial charge in [0.25, 0.3) is 10.0 Å². The van der Waals surface area contributed by atoms with Crippen molar-refractivity contribution < 1.29 is 27.5 Å². The van der Waals surface area contributed by atoms with E-state index in [1.807, 2.05) is 0 Å². The summed E-state index contributed by atoms with van der Waals surface area (Å²) in [7, 11) is -2.81. The lowest BCUT2D eigenvalue weighted by atomic mass is 10.4. The van der Waals surface area contributed by atoms with Crippen LogP contribution in [0.15, 0.2) is 21.6 Å². The third-order valence-electron chi connectivity index (χ3n) is 2.93. The van der Waals surface area contributed by atoms with Crippen LogP contribution < -0.4 is 0 Å². The molecule has 1 heterocycles. The van der Waals surface area contributed by atoms with E-state index in [2.05, 4.69) is 0 Å². The number of rotatable bonds is 7. The summed E-state index contributed by atoms with van der Waals surface area (Å²) in [6.07, 6.45) is 0. The Hall–Kier alpha value is -1.87. The predicted molar refractivity (Wildman–Crippen MR) is 73.4 cm³/mol. The fraction of sp³-hybridized carbons (Fsp3) is 0.500. The molecule has 8 nitrogen and oxygen atoms in total. The minimum Gasteiger partial charge on any atom is -0.475 e. The van der Waals surface area contributed by atoms with Crippen LogP contribution in [0.1, 0.15) is 24.4 Å². The zero-order chi connectivity index (χ0) is 16.2. The van der Waals surface area contributed by atoms with Gasteiger partial charge in [0, 0.05) is 20.1 Å². The second-order valence-electron chi connectivity index (χ2n) is 4.25. The minimum absolute atomic E-state index is 0.337. The number of likely N-dealkylation sites (N-methyl/N-ethyl adjacent to an activating group) is 2. The molecular formula is C12H18N2O6S. The first kappa shape index (κ1) is 17.2. The van der Waals surface area contributed by atoms with E-state index in [0.29, 0.717) is 13.1 Å². The van der Waals surface area contributed by atoms with E-state index in [-0.39, 0.29) is 12.5 Å². The highest BCUT2D eigenvalue weighted by Gasteiger charge is 2.28. The van der Waals surface area contributed by atoms with E-state index in [1.165, 1.54) is 11.9 Å². The molecular weight excluding hydrogens is 300 g/mol. The lowest BCUT2D eigenvalue weighted by Crippen LogP contribution is -2.40. The van der Waals surface area contributed by atoms with E-state index < -0.39 is 26.8 Å². The average molecular weight is 318 g/mol. The number of carboxylic acid groups (broad SMARTS) is 1. The summed E-state index contributed by atoms with van der Waals surface area (Å²) in [6, 6.07) is 2.10. The third-order valence-corrected chi connectivity index (χ3v) is 4.61. The van der Waals surface area contributed by atoms with Gasteiger partial charge in [0.05, 0.1) is 6.54 Å². The molecule has 0 saturated carbocycles. The molecule has 0 bridgehead atoms. The quantitative estimate of drug-likeness (QED) is 0.782. The first-order chi connectivity index (χ1) is 9.73. The van der Waals surface area contributed by atoms with Crippen molar-refractivity contribution in [3.8, 4) is 0 Å². The highest BCUT2D eigenvalue weighted by Crippen LogP contribution is 2.17. The smallest absolute Gasteiger partial charge is 0.371 e. The molecule has 118 valence electrons. The second kappa shape index (κ2) is 6.72. The van der Waals surface area contributed by atoms with E-state index in [9.17, 15) is 18.0 Å². The van der Waals surface area contributed by atoms with Gasteiger partial charge in [-0.15, -0.1) is 0 Å². The molecule has 0 saturated heterocycles. The van der Waals surface area contributed by atoms with Gasteiger partial charge in [0.1, 0.15) is 0 Å². The Morgan fingerprint density at radius 3 is 2.24 bits per heavy atom. The van der Waals surface area contributed by atoms with Gasteiger partial charge in [-0.05, 0) is 26.0 Å². The van der Waals surface area contributed by atoms with Crippen molar-refractivity contribution in [3.05, 3.63) is 17.9 Å². The Labute approximate surface area is 123 Å². The Balaban J connectivity index is 2.91. The van der Waals surface area contributed by atoms with Crippen LogP contribution in [-0.2, 0) is 14.8 Å². The molecule has 0 aliphatic rings. The lowest BCUT2D eigenvalue weighted by Gasteiger charge is -2.22. The summed E-state index contributed by atoms with van der Waals surface area (Å²) >= 11 is 0. The minimum atomic E-state index is -4.04. The normalized spacial score (nSPS) is 11.6. The maximum Gasteiger partial charge on any atom is 0.371 e. The molecule has 0 radical (unpaired) electrons. The molecule has 0 fully saturated rings. The van der Waals surface area contributed by atoms with Crippen LogP contribution in [0.25, 0.3) is 0 Å².